The van der Waals surface area contributed by atoms with E-state index in [1.54, 1.807) is 6.92 Å². The van der Waals surface area contributed by atoms with Gasteiger partial charge in [-0.3, -0.25) is 14.4 Å². The third kappa shape index (κ3) is 3.88. The molecule has 2 heterocycles. The molecule has 1 aromatic carbocycles. The zero-order chi connectivity index (χ0) is 22.2. The van der Waals surface area contributed by atoms with Crippen LogP contribution in [-0.2, 0) is 28.9 Å². The predicted molar refractivity (Wildman–Crippen MR) is 96.1 cm³/mol. The molecule has 3 N–H and O–H groups in total. The number of benzene rings is 1. The zero-order valence-electron chi connectivity index (χ0n) is 15.6. The van der Waals surface area contributed by atoms with E-state index in [1.165, 1.54) is 16.7 Å². The summed E-state index contributed by atoms with van der Waals surface area (Å²) in [5.41, 5.74) is -1.57. The zero-order valence-corrected chi connectivity index (χ0v) is 15.6. The maximum atomic E-state index is 13.0. The van der Waals surface area contributed by atoms with E-state index in [-0.39, 0.29) is 18.8 Å². The van der Waals surface area contributed by atoms with Gasteiger partial charge < -0.3 is 24.8 Å². The summed E-state index contributed by atoms with van der Waals surface area (Å²) in [6.07, 6.45) is -4.51. The fraction of sp³-hybridized carbons (Fsp3) is 0.316. The molecule has 1 aliphatic heterocycles. The Bertz CT molecular complexity index is 1060. The second kappa shape index (κ2) is 7.82. The molecule has 3 rings (SSSR count). The van der Waals surface area contributed by atoms with Crippen LogP contribution >= 0.6 is 0 Å². The van der Waals surface area contributed by atoms with Crippen molar-refractivity contribution in [3.05, 3.63) is 62.6 Å². The second-order valence-corrected chi connectivity index (χ2v) is 6.69. The highest BCUT2D eigenvalue weighted by Crippen LogP contribution is 2.34. The molecule has 0 spiro atoms. The number of aliphatic carboxylic acids is 1. The summed E-state index contributed by atoms with van der Waals surface area (Å²) in [6, 6.07) is 3.42. The highest BCUT2D eigenvalue weighted by molar-refractivity contribution is 5.98. The van der Waals surface area contributed by atoms with Gasteiger partial charge in [0.15, 0.2) is 0 Å². The Morgan fingerprint density at radius 3 is 2.43 bits per heavy atom. The Balaban J connectivity index is 2.09. The van der Waals surface area contributed by atoms with Crippen LogP contribution in [0.4, 0.5) is 13.2 Å². The van der Waals surface area contributed by atoms with Crippen LogP contribution in [0.1, 0.15) is 45.7 Å². The molecule has 160 valence electrons. The third-order valence-corrected chi connectivity index (χ3v) is 4.81. The normalized spacial score (nSPS) is 14.3. The molecule has 0 saturated carbocycles. The van der Waals surface area contributed by atoms with E-state index in [9.17, 15) is 32.7 Å². The van der Waals surface area contributed by atoms with E-state index in [1.807, 2.05) is 5.32 Å². The first kappa shape index (κ1) is 21.4. The lowest BCUT2D eigenvalue weighted by Gasteiger charge is -2.22. The number of amides is 1. The number of carboxylic acid groups (broad SMARTS) is 1. The number of ether oxygens (including phenoxy) is 1. The minimum atomic E-state index is -4.51. The predicted octanol–water partition coefficient (Wildman–Crippen LogP) is 2.03. The molecule has 0 bridgehead atoms. The monoisotopic (exact) mass is 426 g/mol. The number of nitrogens with one attached hydrogen (secondary N) is 1. The lowest BCUT2D eigenvalue weighted by molar-refractivity contribution is -0.138. The number of fused-ring (bicyclic) bond motifs is 1. The summed E-state index contributed by atoms with van der Waals surface area (Å²) >= 11 is 0. The first-order valence-corrected chi connectivity index (χ1v) is 8.76. The number of carbonyl (C=O) groups excluding carboxylic acids is 1. The first-order valence-electron chi connectivity index (χ1n) is 8.76. The number of nitrogens with zero attached hydrogens (tertiary/aromatic N) is 1. The van der Waals surface area contributed by atoms with Gasteiger partial charge in [0.2, 0.25) is 0 Å². The fourth-order valence-electron chi connectivity index (χ4n) is 3.29. The summed E-state index contributed by atoms with van der Waals surface area (Å²) in [6.45, 7) is 0.666. The van der Waals surface area contributed by atoms with Gasteiger partial charge in [0.05, 0.1) is 30.5 Å². The minimum Gasteiger partial charge on any atom is -0.506 e. The number of aromatic hydroxyl groups is 1. The number of aromatic nitrogens is 1. The van der Waals surface area contributed by atoms with Crippen molar-refractivity contribution in [2.45, 2.75) is 32.4 Å². The molecule has 0 aliphatic carbocycles. The van der Waals surface area contributed by atoms with Crippen molar-refractivity contribution in [2.24, 2.45) is 0 Å². The SMILES string of the molecule is CC(c1ccc(C(F)(F)F)cc1)n1c2c(c(O)c(C(=O)NCC(=O)O)c1=O)COC2. The van der Waals surface area contributed by atoms with E-state index < -0.39 is 53.1 Å². The van der Waals surface area contributed by atoms with Gasteiger partial charge in [0.25, 0.3) is 11.5 Å². The summed E-state index contributed by atoms with van der Waals surface area (Å²) < 4.78 is 44.9. The van der Waals surface area contributed by atoms with Crippen molar-refractivity contribution in [2.75, 3.05) is 6.54 Å². The Morgan fingerprint density at radius 1 is 1.23 bits per heavy atom. The van der Waals surface area contributed by atoms with E-state index in [0.717, 1.165) is 12.1 Å². The van der Waals surface area contributed by atoms with Crippen molar-refractivity contribution < 1.29 is 37.7 Å². The molecule has 8 nitrogen and oxygen atoms in total. The molecule has 0 saturated heterocycles. The highest BCUT2D eigenvalue weighted by Gasteiger charge is 2.32. The van der Waals surface area contributed by atoms with E-state index in [0.29, 0.717) is 11.3 Å². The van der Waals surface area contributed by atoms with Gasteiger partial charge in [-0.2, -0.15) is 13.2 Å². The van der Waals surface area contributed by atoms with Crippen molar-refractivity contribution in [3.8, 4) is 5.75 Å². The van der Waals surface area contributed by atoms with Crippen LogP contribution in [0.2, 0.25) is 0 Å². The molecular weight excluding hydrogens is 409 g/mol. The number of carboxylic acids is 1. The fourth-order valence-corrected chi connectivity index (χ4v) is 3.29. The van der Waals surface area contributed by atoms with Gasteiger partial charge in [-0.15, -0.1) is 0 Å². The molecule has 1 unspecified atom stereocenters. The standard InChI is InChI=1S/C19H17F3N2O6/c1-9(10-2-4-11(5-3-10)19(20,21)22)24-13-8-30-7-12(13)16(27)15(18(24)29)17(28)23-6-14(25)26/h2-5,9,27H,6-8H2,1H3,(H,23,28)(H,25,26). The molecule has 0 radical (unpaired) electrons. The van der Waals surface area contributed by atoms with Crippen LogP contribution in [0.5, 0.6) is 5.75 Å². The van der Waals surface area contributed by atoms with Gasteiger partial charge in [-0.1, -0.05) is 12.1 Å². The van der Waals surface area contributed by atoms with Crippen molar-refractivity contribution in [1.29, 1.82) is 0 Å². The van der Waals surface area contributed by atoms with Crippen LogP contribution in [0.25, 0.3) is 0 Å². The molecule has 1 aliphatic rings. The minimum absolute atomic E-state index is 0.0415. The number of hydrogen-bond acceptors (Lipinski definition) is 5. The lowest BCUT2D eigenvalue weighted by Crippen LogP contribution is -2.38. The average molecular weight is 426 g/mol. The molecule has 2 aromatic rings. The Hall–Kier alpha value is -3.34. The van der Waals surface area contributed by atoms with Crippen molar-refractivity contribution in [1.82, 2.24) is 9.88 Å². The van der Waals surface area contributed by atoms with Crippen LogP contribution < -0.4 is 10.9 Å². The number of alkyl halides is 3. The molecule has 30 heavy (non-hydrogen) atoms. The third-order valence-electron chi connectivity index (χ3n) is 4.81. The summed E-state index contributed by atoms with van der Waals surface area (Å²) in [7, 11) is 0. The number of carbonyl (C=O) groups is 2. The summed E-state index contributed by atoms with van der Waals surface area (Å²) in [5.74, 6) is -3.03. The number of hydrogen-bond donors (Lipinski definition) is 3. The maximum absolute atomic E-state index is 13.0. The lowest BCUT2D eigenvalue weighted by atomic mass is 10.0. The van der Waals surface area contributed by atoms with Crippen LogP contribution in [0.15, 0.2) is 29.1 Å². The number of rotatable bonds is 5. The van der Waals surface area contributed by atoms with Gasteiger partial charge >= 0.3 is 12.1 Å². The van der Waals surface area contributed by atoms with E-state index in [4.69, 9.17) is 9.84 Å². The van der Waals surface area contributed by atoms with Gasteiger partial charge in [-0.25, -0.2) is 0 Å². The molecule has 0 fully saturated rings. The van der Waals surface area contributed by atoms with Gasteiger partial charge in [-0.05, 0) is 24.6 Å². The van der Waals surface area contributed by atoms with Gasteiger partial charge in [0, 0.05) is 5.56 Å². The number of pyridine rings is 1. The van der Waals surface area contributed by atoms with Gasteiger partial charge in [0.1, 0.15) is 17.9 Å². The largest absolute Gasteiger partial charge is 0.506 e. The Morgan fingerprint density at radius 2 is 1.87 bits per heavy atom. The van der Waals surface area contributed by atoms with Crippen LogP contribution in [0, 0.1) is 0 Å². The topological polar surface area (TPSA) is 118 Å². The summed E-state index contributed by atoms with van der Waals surface area (Å²) in [5, 5.41) is 21.1. The Kier molecular flexibility index (Phi) is 5.57. The maximum Gasteiger partial charge on any atom is 0.416 e. The second-order valence-electron chi connectivity index (χ2n) is 6.69. The Labute approximate surface area is 167 Å². The molecule has 1 aromatic heterocycles. The quantitative estimate of drug-likeness (QED) is 0.674. The highest BCUT2D eigenvalue weighted by atomic mass is 19.4. The average Bonchev–Trinajstić information content (AvgIpc) is 3.15. The van der Waals surface area contributed by atoms with Crippen LogP contribution in [-0.4, -0.2) is 33.2 Å². The first-order chi connectivity index (χ1) is 14.0. The molecular formula is C19H17F3N2O6. The van der Waals surface area contributed by atoms with Crippen molar-refractivity contribution >= 4 is 11.9 Å². The van der Waals surface area contributed by atoms with E-state index >= 15 is 0 Å². The van der Waals surface area contributed by atoms with Crippen molar-refractivity contribution in [3.63, 3.8) is 0 Å². The number of halogens is 3. The molecule has 11 heteroatoms. The summed E-state index contributed by atoms with van der Waals surface area (Å²) in [4.78, 5) is 36.1. The molecule has 1 amide bonds. The van der Waals surface area contributed by atoms with Crippen LogP contribution in [0.3, 0.4) is 0 Å². The smallest absolute Gasteiger partial charge is 0.416 e. The molecule has 1 atom stereocenters. The van der Waals surface area contributed by atoms with E-state index in [2.05, 4.69) is 0 Å².